The molecule has 0 fully saturated rings. The van der Waals surface area contributed by atoms with Crippen LogP contribution in [0.15, 0.2) is 21.3 Å². The molecule has 0 saturated heterocycles. The van der Waals surface area contributed by atoms with Crippen molar-refractivity contribution in [2.24, 2.45) is 4.99 Å². The van der Waals surface area contributed by atoms with Gasteiger partial charge in [0.15, 0.2) is 5.96 Å². The Hall–Kier alpha value is -1.16. The Bertz CT molecular complexity index is 640. The molecule has 7 nitrogen and oxygen atoms in total. The van der Waals surface area contributed by atoms with Crippen LogP contribution < -0.4 is 10.6 Å². The Labute approximate surface area is 155 Å². The summed E-state index contributed by atoms with van der Waals surface area (Å²) in [4.78, 5) is 5.20. The van der Waals surface area contributed by atoms with E-state index >= 15 is 0 Å². The highest BCUT2D eigenvalue weighted by molar-refractivity contribution is 7.91. The minimum Gasteiger partial charge on any atom is -0.383 e. The zero-order valence-corrected chi connectivity index (χ0v) is 17.3. The Morgan fingerprint density at radius 1 is 1.36 bits per heavy atom. The zero-order chi connectivity index (χ0) is 18.9. The predicted molar refractivity (Wildman–Crippen MR) is 104 cm³/mol. The van der Waals surface area contributed by atoms with Crippen LogP contribution in [0.5, 0.6) is 0 Å². The first kappa shape index (κ1) is 21.9. The van der Waals surface area contributed by atoms with E-state index in [0.29, 0.717) is 36.4 Å². The number of sulfonamides is 1. The molecule has 25 heavy (non-hydrogen) atoms. The van der Waals surface area contributed by atoms with E-state index in [1.807, 2.05) is 26.8 Å². The summed E-state index contributed by atoms with van der Waals surface area (Å²) < 4.78 is 32.0. The predicted octanol–water partition coefficient (Wildman–Crippen LogP) is 1.52. The lowest BCUT2D eigenvalue weighted by molar-refractivity contribution is 0.179. The molecular weight excluding hydrogens is 360 g/mol. The largest absolute Gasteiger partial charge is 0.383 e. The molecule has 1 aromatic rings. The first-order valence-corrected chi connectivity index (χ1v) is 10.7. The van der Waals surface area contributed by atoms with Crippen LogP contribution in [-0.4, -0.2) is 65.1 Å². The highest BCUT2D eigenvalue weighted by atomic mass is 32.2. The second kappa shape index (κ2) is 10.7. The van der Waals surface area contributed by atoms with Crippen molar-refractivity contribution in [3.05, 3.63) is 17.0 Å². The van der Waals surface area contributed by atoms with Gasteiger partial charge in [0.2, 0.25) is 0 Å². The Kier molecular flexibility index (Phi) is 9.41. The highest BCUT2D eigenvalue weighted by Gasteiger charge is 2.23. The highest BCUT2D eigenvalue weighted by Crippen LogP contribution is 2.25. The van der Waals surface area contributed by atoms with Crippen molar-refractivity contribution in [3.63, 3.8) is 0 Å². The maximum Gasteiger partial charge on any atom is 0.252 e. The van der Waals surface area contributed by atoms with Gasteiger partial charge in [-0.2, -0.15) is 4.31 Å². The third-order valence-electron chi connectivity index (χ3n) is 3.62. The minimum absolute atomic E-state index is 0.156. The number of rotatable bonds is 10. The van der Waals surface area contributed by atoms with Crippen molar-refractivity contribution in [3.8, 4) is 0 Å². The SMILES string of the molecule is CCN(CC)S(=O)(=O)c1ccc(CCNC(=NC)NC(C)COC)s1. The number of methoxy groups -OCH3 is 1. The van der Waals surface area contributed by atoms with Gasteiger partial charge in [-0.25, -0.2) is 8.42 Å². The third-order valence-corrected chi connectivity index (χ3v) is 7.29. The molecule has 2 N–H and O–H groups in total. The first-order valence-electron chi connectivity index (χ1n) is 8.43. The maximum atomic E-state index is 12.5. The van der Waals surface area contributed by atoms with Gasteiger partial charge in [0.25, 0.3) is 10.0 Å². The number of hydrogen-bond acceptors (Lipinski definition) is 5. The molecule has 9 heteroatoms. The summed E-state index contributed by atoms with van der Waals surface area (Å²) in [7, 11) is 0.0116. The molecule has 0 bridgehead atoms. The summed E-state index contributed by atoms with van der Waals surface area (Å²) in [6.45, 7) is 7.94. The van der Waals surface area contributed by atoms with Crippen LogP contribution in [0, 0.1) is 0 Å². The van der Waals surface area contributed by atoms with Crippen LogP contribution in [0.1, 0.15) is 25.6 Å². The summed E-state index contributed by atoms with van der Waals surface area (Å²) in [5, 5.41) is 6.46. The van der Waals surface area contributed by atoms with Gasteiger partial charge >= 0.3 is 0 Å². The summed E-state index contributed by atoms with van der Waals surface area (Å²) in [5.41, 5.74) is 0. The number of nitrogens with zero attached hydrogens (tertiary/aromatic N) is 2. The first-order chi connectivity index (χ1) is 11.9. The molecule has 0 spiro atoms. The van der Waals surface area contributed by atoms with Gasteiger partial charge in [-0.3, -0.25) is 4.99 Å². The van der Waals surface area contributed by atoms with Gasteiger partial charge in [0.05, 0.1) is 6.61 Å². The molecule has 0 saturated carbocycles. The van der Waals surface area contributed by atoms with Crippen LogP contribution in [0.25, 0.3) is 0 Å². The van der Waals surface area contributed by atoms with E-state index in [-0.39, 0.29) is 6.04 Å². The lowest BCUT2D eigenvalue weighted by Crippen LogP contribution is -2.44. The van der Waals surface area contributed by atoms with Crippen molar-refractivity contribution in [2.45, 2.75) is 37.4 Å². The Morgan fingerprint density at radius 2 is 2.04 bits per heavy atom. The van der Waals surface area contributed by atoms with Crippen LogP contribution in [0.4, 0.5) is 0 Å². The van der Waals surface area contributed by atoms with Crippen molar-refractivity contribution in [2.75, 3.05) is 40.4 Å². The topological polar surface area (TPSA) is 83.0 Å². The second-order valence-corrected chi connectivity index (χ2v) is 8.89. The molecular formula is C16H30N4O3S2. The van der Waals surface area contributed by atoms with E-state index in [1.54, 1.807) is 20.2 Å². The molecule has 144 valence electrons. The number of ether oxygens (including phenoxy) is 1. The molecule has 0 aliphatic heterocycles. The van der Waals surface area contributed by atoms with Gasteiger partial charge in [0.1, 0.15) is 4.21 Å². The minimum atomic E-state index is -3.37. The van der Waals surface area contributed by atoms with E-state index in [2.05, 4.69) is 15.6 Å². The molecule has 1 rings (SSSR count). The van der Waals surface area contributed by atoms with Crippen molar-refractivity contribution in [1.82, 2.24) is 14.9 Å². The Balaban J connectivity index is 2.59. The normalized spacial score (nSPS) is 13.9. The zero-order valence-electron chi connectivity index (χ0n) is 15.7. The molecule has 0 aliphatic carbocycles. The average molecular weight is 391 g/mol. The number of aliphatic imine (C=N–C) groups is 1. The molecule has 0 amide bonds. The molecule has 0 aliphatic rings. The standard InChI is InChI=1S/C16H30N4O3S2/c1-6-20(7-2)25(21,22)15-9-8-14(24-15)10-11-18-16(17-4)19-13(3)12-23-5/h8-9,13H,6-7,10-12H2,1-5H3,(H2,17,18,19). The van der Waals surface area contributed by atoms with Gasteiger partial charge in [-0.05, 0) is 25.5 Å². The van der Waals surface area contributed by atoms with E-state index < -0.39 is 10.0 Å². The van der Waals surface area contributed by atoms with Crippen LogP contribution in [0.3, 0.4) is 0 Å². The van der Waals surface area contributed by atoms with E-state index in [9.17, 15) is 8.42 Å². The van der Waals surface area contributed by atoms with Crippen molar-refractivity contribution in [1.29, 1.82) is 0 Å². The van der Waals surface area contributed by atoms with Gasteiger partial charge < -0.3 is 15.4 Å². The third kappa shape index (κ3) is 6.58. The fraction of sp³-hybridized carbons (Fsp3) is 0.688. The summed E-state index contributed by atoms with van der Waals surface area (Å²) in [6, 6.07) is 3.73. The molecule has 0 radical (unpaired) electrons. The lowest BCUT2D eigenvalue weighted by Gasteiger charge is -2.17. The Morgan fingerprint density at radius 3 is 2.60 bits per heavy atom. The lowest BCUT2D eigenvalue weighted by atomic mass is 10.3. The fourth-order valence-electron chi connectivity index (χ4n) is 2.35. The summed E-state index contributed by atoms with van der Waals surface area (Å²) in [6.07, 6.45) is 0.734. The maximum absolute atomic E-state index is 12.5. The molecule has 0 aromatic carbocycles. The van der Waals surface area contributed by atoms with Crippen molar-refractivity contribution >= 4 is 27.3 Å². The monoisotopic (exact) mass is 390 g/mol. The quantitative estimate of drug-likeness (QED) is 0.467. The van der Waals surface area contributed by atoms with Crippen LogP contribution >= 0.6 is 11.3 Å². The number of hydrogen-bond donors (Lipinski definition) is 2. The fourth-order valence-corrected chi connectivity index (χ4v) is 5.31. The molecule has 1 aromatic heterocycles. The summed E-state index contributed by atoms with van der Waals surface area (Å²) >= 11 is 1.33. The number of thiophene rings is 1. The molecule has 1 heterocycles. The van der Waals surface area contributed by atoms with Crippen molar-refractivity contribution < 1.29 is 13.2 Å². The van der Waals surface area contributed by atoms with E-state index in [1.165, 1.54) is 15.6 Å². The summed E-state index contributed by atoms with van der Waals surface area (Å²) in [5.74, 6) is 0.706. The average Bonchev–Trinajstić information content (AvgIpc) is 3.04. The second-order valence-electron chi connectivity index (χ2n) is 5.56. The van der Waals surface area contributed by atoms with Gasteiger partial charge in [-0.1, -0.05) is 13.8 Å². The van der Waals surface area contributed by atoms with Gasteiger partial charge in [-0.15, -0.1) is 11.3 Å². The van der Waals surface area contributed by atoms with E-state index in [4.69, 9.17) is 4.74 Å². The van der Waals surface area contributed by atoms with Crippen LogP contribution in [-0.2, 0) is 21.2 Å². The van der Waals surface area contributed by atoms with E-state index in [0.717, 1.165) is 11.3 Å². The number of guanidine groups is 1. The van der Waals surface area contributed by atoms with Crippen LogP contribution in [0.2, 0.25) is 0 Å². The molecule has 1 atom stereocenters. The van der Waals surface area contributed by atoms with Gasteiger partial charge in [0, 0.05) is 44.7 Å². The number of nitrogens with one attached hydrogen (secondary N) is 2. The molecule has 1 unspecified atom stereocenters. The smallest absolute Gasteiger partial charge is 0.252 e.